The maximum atomic E-state index is 13.4. The lowest BCUT2D eigenvalue weighted by atomic mass is 9.97. The Labute approximate surface area is 251 Å². The summed E-state index contributed by atoms with van der Waals surface area (Å²) in [6.07, 6.45) is 2.65. The maximum Gasteiger partial charge on any atom is 0.410 e. The molecule has 0 radical (unpaired) electrons. The van der Waals surface area contributed by atoms with Crippen molar-refractivity contribution >= 4 is 12.2 Å². The highest BCUT2D eigenvalue weighted by Crippen LogP contribution is 2.46. The molecule has 4 aromatic carbocycles. The van der Waals surface area contributed by atoms with Crippen LogP contribution in [0.2, 0.25) is 0 Å². The molecule has 2 unspecified atom stereocenters. The fourth-order valence-corrected chi connectivity index (χ4v) is 8.07. The summed E-state index contributed by atoms with van der Waals surface area (Å²) in [5.41, 5.74) is 9.69. The van der Waals surface area contributed by atoms with Crippen molar-refractivity contribution in [2.24, 2.45) is 0 Å². The van der Waals surface area contributed by atoms with E-state index in [4.69, 9.17) is 9.47 Å². The van der Waals surface area contributed by atoms with Crippen molar-refractivity contribution in [2.75, 3.05) is 13.2 Å². The first-order valence-corrected chi connectivity index (χ1v) is 15.4. The first kappa shape index (κ1) is 26.1. The third-order valence-electron chi connectivity index (χ3n) is 9.95. The van der Waals surface area contributed by atoms with Crippen LogP contribution in [0, 0.1) is 0 Å². The molecule has 2 amide bonds. The van der Waals surface area contributed by atoms with Gasteiger partial charge >= 0.3 is 12.2 Å². The number of ether oxygens (including phenoxy) is 2. The molecule has 2 bridgehead atoms. The number of piperidine rings is 1. The smallest absolute Gasteiger partial charge is 0.410 e. The van der Waals surface area contributed by atoms with E-state index in [1.807, 2.05) is 29.2 Å². The molecule has 0 aromatic heterocycles. The van der Waals surface area contributed by atoms with E-state index < -0.39 is 0 Å². The Hall–Kier alpha value is -4.58. The van der Waals surface area contributed by atoms with Crippen LogP contribution in [0.3, 0.4) is 0 Å². The Morgan fingerprint density at radius 3 is 1.44 bits per heavy atom. The number of carbonyl (C=O) groups excluding carboxylic acids is 2. The average Bonchev–Trinajstić information content (AvgIpc) is 3.64. The van der Waals surface area contributed by atoms with Crippen LogP contribution in [0.5, 0.6) is 0 Å². The van der Waals surface area contributed by atoms with Crippen molar-refractivity contribution in [3.8, 4) is 22.3 Å². The topological polar surface area (TPSA) is 67.9 Å². The minimum atomic E-state index is -0.388. The third-order valence-corrected chi connectivity index (χ3v) is 9.95. The van der Waals surface area contributed by atoms with Gasteiger partial charge < -0.3 is 19.7 Å². The molecule has 6 heteroatoms. The van der Waals surface area contributed by atoms with Crippen LogP contribution in [0.15, 0.2) is 97.1 Å². The molecule has 2 fully saturated rings. The molecule has 216 valence electrons. The molecule has 2 heterocycles. The second-order valence-electron chi connectivity index (χ2n) is 12.2. The summed E-state index contributed by atoms with van der Waals surface area (Å²) in [5.74, 6) is 0.0755. The van der Waals surface area contributed by atoms with E-state index in [0.717, 1.165) is 12.8 Å². The standard InChI is InChI=1S/C37H34N2O4/c40-36(42-21-34-30-13-5-1-9-26(30)27-10-2-6-14-31(27)34)38-23-19-24-17-18-25(20-23)39(24)37(41)43-22-35-32-15-7-3-11-28(32)29-12-4-8-16-33(29)35/h1-16,23-25,34-35H,17-22H2,(H,38,40). The summed E-state index contributed by atoms with van der Waals surface area (Å²) in [5, 5.41) is 3.11. The Kier molecular flexibility index (Phi) is 6.43. The van der Waals surface area contributed by atoms with Gasteiger partial charge in [0.2, 0.25) is 0 Å². The second-order valence-corrected chi connectivity index (χ2v) is 12.2. The zero-order valence-electron chi connectivity index (χ0n) is 23.9. The fraction of sp³-hybridized carbons (Fsp3) is 0.297. The minimum absolute atomic E-state index is 0.0224. The predicted octanol–water partition coefficient (Wildman–Crippen LogP) is 7.47. The quantitative estimate of drug-likeness (QED) is 0.270. The number of rotatable bonds is 5. The van der Waals surface area contributed by atoms with Gasteiger partial charge in [0.1, 0.15) is 13.2 Å². The number of nitrogens with one attached hydrogen (secondary N) is 1. The SMILES string of the molecule is O=C(NC1CC2CCC(C1)N2C(=O)OCC1c2ccccc2-c2ccccc21)OCC1c2ccccc2-c2ccccc21. The van der Waals surface area contributed by atoms with Gasteiger partial charge in [-0.3, -0.25) is 0 Å². The molecule has 2 saturated heterocycles. The number of carbonyl (C=O) groups is 2. The van der Waals surface area contributed by atoms with Gasteiger partial charge in [-0.05, 0) is 70.2 Å². The fourth-order valence-electron chi connectivity index (χ4n) is 8.07. The number of amides is 2. The molecule has 0 spiro atoms. The van der Waals surface area contributed by atoms with Crippen LogP contribution < -0.4 is 5.32 Å². The van der Waals surface area contributed by atoms with Gasteiger partial charge in [-0.2, -0.15) is 0 Å². The van der Waals surface area contributed by atoms with E-state index in [2.05, 4.69) is 78.1 Å². The van der Waals surface area contributed by atoms with Gasteiger partial charge in [-0.25, -0.2) is 9.59 Å². The molecular weight excluding hydrogens is 536 g/mol. The van der Waals surface area contributed by atoms with E-state index >= 15 is 0 Å². The van der Waals surface area contributed by atoms with Crippen LogP contribution in [-0.4, -0.2) is 48.4 Å². The average molecular weight is 571 g/mol. The van der Waals surface area contributed by atoms with Crippen LogP contribution in [0.1, 0.15) is 59.8 Å². The summed E-state index contributed by atoms with van der Waals surface area (Å²) in [4.78, 5) is 28.3. The Morgan fingerprint density at radius 2 is 1.00 bits per heavy atom. The summed E-state index contributed by atoms with van der Waals surface area (Å²) >= 11 is 0. The molecular formula is C37H34N2O4. The molecule has 8 rings (SSSR count). The lowest BCUT2D eigenvalue weighted by molar-refractivity contribution is 0.0599. The Bertz CT molecular complexity index is 1610. The highest BCUT2D eigenvalue weighted by atomic mass is 16.6. The largest absolute Gasteiger partial charge is 0.449 e. The number of nitrogens with zero attached hydrogens (tertiary/aromatic N) is 1. The monoisotopic (exact) mass is 570 g/mol. The van der Waals surface area contributed by atoms with Crippen molar-refractivity contribution in [1.82, 2.24) is 10.2 Å². The summed E-state index contributed by atoms with van der Waals surface area (Å²) in [6, 6.07) is 33.6. The molecule has 4 aliphatic rings. The van der Waals surface area contributed by atoms with E-state index in [-0.39, 0.29) is 42.1 Å². The molecule has 2 aliphatic carbocycles. The molecule has 2 aliphatic heterocycles. The van der Waals surface area contributed by atoms with Gasteiger partial charge in [0.15, 0.2) is 0 Å². The highest BCUT2D eigenvalue weighted by molar-refractivity contribution is 5.80. The molecule has 43 heavy (non-hydrogen) atoms. The molecule has 1 N–H and O–H groups in total. The summed E-state index contributed by atoms with van der Waals surface area (Å²) in [7, 11) is 0. The van der Waals surface area contributed by atoms with Crippen molar-refractivity contribution in [2.45, 2.75) is 55.6 Å². The van der Waals surface area contributed by atoms with Gasteiger partial charge in [0.25, 0.3) is 0 Å². The molecule has 0 saturated carbocycles. The zero-order chi connectivity index (χ0) is 28.9. The van der Waals surface area contributed by atoms with Crippen molar-refractivity contribution in [3.05, 3.63) is 119 Å². The minimum Gasteiger partial charge on any atom is -0.449 e. The van der Waals surface area contributed by atoms with Crippen molar-refractivity contribution < 1.29 is 19.1 Å². The summed E-state index contributed by atoms with van der Waals surface area (Å²) in [6.45, 7) is 0.621. The number of hydrogen-bond donors (Lipinski definition) is 1. The lowest BCUT2D eigenvalue weighted by Crippen LogP contribution is -2.52. The second kappa shape index (κ2) is 10.6. The maximum absolute atomic E-state index is 13.4. The third kappa shape index (κ3) is 4.48. The number of alkyl carbamates (subject to hydrolysis) is 1. The van der Waals surface area contributed by atoms with Gasteiger partial charge in [-0.1, -0.05) is 97.1 Å². The van der Waals surface area contributed by atoms with E-state index in [1.165, 1.54) is 44.5 Å². The number of fused-ring (bicyclic) bond motifs is 8. The summed E-state index contributed by atoms with van der Waals surface area (Å²) < 4.78 is 11.8. The van der Waals surface area contributed by atoms with Crippen LogP contribution >= 0.6 is 0 Å². The predicted molar refractivity (Wildman–Crippen MR) is 165 cm³/mol. The number of benzene rings is 4. The van der Waals surface area contributed by atoms with Gasteiger partial charge in [0.05, 0.1) is 0 Å². The van der Waals surface area contributed by atoms with Crippen LogP contribution in [0.4, 0.5) is 9.59 Å². The van der Waals surface area contributed by atoms with E-state index in [0.29, 0.717) is 26.1 Å². The van der Waals surface area contributed by atoms with E-state index in [9.17, 15) is 9.59 Å². The first-order valence-electron chi connectivity index (χ1n) is 15.4. The Morgan fingerprint density at radius 1 is 0.605 bits per heavy atom. The van der Waals surface area contributed by atoms with Gasteiger partial charge in [0, 0.05) is 30.0 Å². The van der Waals surface area contributed by atoms with Gasteiger partial charge in [-0.15, -0.1) is 0 Å². The molecule has 6 nitrogen and oxygen atoms in total. The molecule has 2 atom stereocenters. The first-order chi connectivity index (χ1) is 21.2. The van der Waals surface area contributed by atoms with Crippen LogP contribution in [-0.2, 0) is 9.47 Å². The van der Waals surface area contributed by atoms with E-state index in [1.54, 1.807) is 0 Å². The van der Waals surface area contributed by atoms with Crippen molar-refractivity contribution in [1.29, 1.82) is 0 Å². The van der Waals surface area contributed by atoms with Crippen LogP contribution in [0.25, 0.3) is 22.3 Å². The van der Waals surface area contributed by atoms with Crippen molar-refractivity contribution in [3.63, 3.8) is 0 Å². The number of hydrogen-bond acceptors (Lipinski definition) is 4. The highest BCUT2D eigenvalue weighted by Gasteiger charge is 2.45. The molecule has 4 aromatic rings. The normalized spacial score (nSPS) is 21.5. The zero-order valence-corrected chi connectivity index (χ0v) is 23.9. The lowest BCUT2D eigenvalue weighted by Gasteiger charge is -2.38. The Balaban J connectivity index is 0.877.